The number of carbonyl (C=O) groups excluding carboxylic acids is 3. The van der Waals surface area contributed by atoms with Crippen LogP contribution < -0.4 is 15.4 Å². The minimum Gasteiger partial charge on any atom is -0.476 e. The highest BCUT2D eigenvalue weighted by molar-refractivity contribution is 6.33. The summed E-state index contributed by atoms with van der Waals surface area (Å²) >= 11 is 6.35. The summed E-state index contributed by atoms with van der Waals surface area (Å²) in [4.78, 5) is 50.0. The number of rotatable bonds is 9. The van der Waals surface area contributed by atoms with Gasteiger partial charge in [-0.05, 0) is 55.8 Å². The maximum absolute atomic E-state index is 14.9. The number of carbonyl (C=O) groups is 3. The van der Waals surface area contributed by atoms with E-state index < -0.39 is 17.8 Å². The summed E-state index contributed by atoms with van der Waals surface area (Å²) in [5, 5.41) is 15.0. The Labute approximate surface area is 280 Å². The van der Waals surface area contributed by atoms with Crippen LogP contribution in [0.25, 0.3) is 16.9 Å². The monoisotopic (exact) mass is 674 g/mol. The van der Waals surface area contributed by atoms with Gasteiger partial charge in [0.15, 0.2) is 29.6 Å². The van der Waals surface area contributed by atoms with Gasteiger partial charge in [0.1, 0.15) is 12.2 Å². The molecule has 248 valence electrons. The summed E-state index contributed by atoms with van der Waals surface area (Å²) in [6, 6.07) is 10.2. The zero-order chi connectivity index (χ0) is 33.8. The average molecular weight is 675 g/mol. The Morgan fingerprint density at radius 3 is 2.73 bits per heavy atom. The van der Waals surface area contributed by atoms with Crippen molar-refractivity contribution in [3.05, 3.63) is 70.9 Å². The summed E-state index contributed by atoms with van der Waals surface area (Å²) in [5.74, 6) is -1.03. The minimum atomic E-state index is -0.774. The van der Waals surface area contributed by atoms with Crippen molar-refractivity contribution in [2.24, 2.45) is 5.92 Å². The van der Waals surface area contributed by atoms with Crippen LogP contribution in [-0.2, 0) is 14.3 Å². The lowest BCUT2D eigenvalue weighted by molar-refractivity contribution is -0.149. The molecule has 0 bridgehead atoms. The molecule has 4 heterocycles. The Bertz CT molecular complexity index is 1900. The van der Waals surface area contributed by atoms with E-state index in [1.807, 2.05) is 13.0 Å². The average Bonchev–Trinajstić information content (AvgIpc) is 3.54. The predicted octanol–water partition coefficient (Wildman–Crippen LogP) is 3.58. The van der Waals surface area contributed by atoms with Gasteiger partial charge in [-0.15, -0.1) is 0 Å². The van der Waals surface area contributed by atoms with Crippen LogP contribution >= 0.6 is 11.6 Å². The predicted molar refractivity (Wildman–Crippen MR) is 173 cm³/mol. The second-order valence-corrected chi connectivity index (χ2v) is 11.8. The molecular weight excluding hydrogens is 643 g/mol. The highest BCUT2D eigenvalue weighted by Crippen LogP contribution is 2.36. The number of benzene rings is 2. The van der Waals surface area contributed by atoms with Crippen molar-refractivity contribution >= 4 is 47.0 Å². The Balaban J connectivity index is 1.13. The van der Waals surface area contributed by atoms with E-state index in [4.69, 9.17) is 26.3 Å². The number of imidazole rings is 1. The first-order valence-corrected chi connectivity index (χ1v) is 15.7. The van der Waals surface area contributed by atoms with Crippen LogP contribution in [0.5, 0.6) is 5.75 Å². The Kier molecular flexibility index (Phi) is 9.70. The van der Waals surface area contributed by atoms with Gasteiger partial charge in [-0.1, -0.05) is 11.6 Å². The Morgan fingerprint density at radius 1 is 1.19 bits per heavy atom. The van der Waals surface area contributed by atoms with Crippen molar-refractivity contribution in [2.75, 3.05) is 51.2 Å². The molecular formula is C33H32ClFN8O5. The number of amides is 2. The first kappa shape index (κ1) is 32.7. The van der Waals surface area contributed by atoms with Crippen LogP contribution in [0.1, 0.15) is 22.3 Å². The number of hydrogen-bond donors (Lipinski definition) is 2. The maximum atomic E-state index is 14.9. The molecule has 48 heavy (non-hydrogen) atoms. The number of piperazine rings is 1. The third kappa shape index (κ3) is 6.47. The van der Waals surface area contributed by atoms with Gasteiger partial charge in [-0.3, -0.25) is 18.8 Å². The lowest BCUT2D eigenvalue weighted by Gasteiger charge is -2.39. The van der Waals surface area contributed by atoms with E-state index >= 15 is 0 Å². The van der Waals surface area contributed by atoms with E-state index in [1.54, 1.807) is 57.1 Å². The second-order valence-electron chi connectivity index (χ2n) is 11.4. The Morgan fingerprint density at radius 2 is 1.98 bits per heavy atom. The van der Waals surface area contributed by atoms with Gasteiger partial charge in [0.2, 0.25) is 5.91 Å². The molecule has 2 aliphatic rings. The highest BCUT2D eigenvalue weighted by Gasteiger charge is 2.36. The molecule has 13 nitrogen and oxygen atoms in total. The van der Waals surface area contributed by atoms with Crippen LogP contribution in [-0.4, -0.2) is 94.4 Å². The van der Waals surface area contributed by atoms with E-state index in [2.05, 4.69) is 20.6 Å². The topological polar surface area (TPSA) is 154 Å². The van der Waals surface area contributed by atoms with E-state index in [-0.39, 0.29) is 29.2 Å². The molecule has 2 aromatic heterocycles. The zero-order valence-electron chi connectivity index (χ0n) is 26.0. The number of hydrogen-bond acceptors (Lipinski definition) is 10. The maximum Gasteiger partial charge on any atom is 0.293 e. The van der Waals surface area contributed by atoms with Gasteiger partial charge in [-0.25, -0.2) is 14.4 Å². The van der Waals surface area contributed by atoms with Crippen molar-refractivity contribution in [3.8, 4) is 23.1 Å². The number of aryl methyl sites for hydroxylation is 1. The lowest BCUT2D eigenvalue weighted by atomic mass is 9.93. The van der Waals surface area contributed by atoms with Gasteiger partial charge in [-0.2, -0.15) is 5.26 Å². The molecule has 6 rings (SSSR count). The second kappa shape index (κ2) is 14.2. The molecule has 2 atom stereocenters. The highest BCUT2D eigenvalue weighted by atomic mass is 35.5. The number of halogens is 2. The van der Waals surface area contributed by atoms with Crippen LogP contribution in [0.4, 0.5) is 15.9 Å². The van der Waals surface area contributed by atoms with Gasteiger partial charge >= 0.3 is 0 Å². The van der Waals surface area contributed by atoms with Crippen LogP contribution in [0.3, 0.4) is 0 Å². The number of nitrogens with one attached hydrogen (secondary N) is 2. The number of aromatic nitrogens is 3. The fourth-order valence-electron chi connectivity index (χ4n) is 6.14. The van der Waals surface area contributed by atoms with E-state index in [1.165, 1.54) is 6.07 Å². The van der Waals surface area contributed by atoms with Gasteiger partial charge in [0, 0.05) is 61.9 Å². The van der Waals surface area contributed by atoms with Gasteiger partial charge in [0.25, 0.3) is 12.4 Å². The van der Waals surface area contributed by atoms with Crippen molar-refractivity contribution in [3.63, 3.8) is 0 Å². The number of nitriles is 1. The summed E-state index contributed by atoms with van der Waals surface area (Å²) in [7, 11) is 0. The third-order valence-electron chi connectivity index (χ3n) is 8.62. The number of fused-ring (bicyclic) bond motifs is 1. The van der Waals surface area contributed by atoms with Crippen LogP contribution in [0, 0.1) is 30.0 Å². The number of nitrogens with zero attached hydrogens (tertiary/aromatic N) is 6. The molecule has 15 heteroatoms. The van der Waals surface area contributed by atoms with Gasteiger partial charge in [0.05, 0.1) is 22.8 Å². The fraction of sp³-hybridized carbons (Fsp3) is 0.333. The van der Waals surface area contributed by atoms with E-state index in [0.717, 1.165) is 5.56 Å². The third-order valence-corrected chi connectivity index (χ3v) is 8.98. The van der Waals surface area contributed by atoms with Crippen molar-refractivity contribution in [2.45, 2.75) is 19.4 Å². The molecule has 2 N–H and O–H groups in total. The molecule has 0 saturated carbocycles. The normalized spacial score (nSPS) is 17.9. The fourth-order valence-corrected chi connectivity index (χ4v) is 6.39. The molecule has 2 aromatic carbocycles. The molecule has 2 aliphatic heterocycles. The molecule has 4 aromatic rings. The molecule has 0 radical (unpaired) electrons. The molecule has 0 aliphatic carbocycles. The number of anilines is 2. The van der Waals surface area contributed by atoms with E-state index in [0.29, 0.717) is 86.1 Å². The molecule has 2 fully saturated rings. The first-order chi connectivity index (χ1) is 23.3. The largest absolute Gasteiger partial charge is 0.476 e. The smallest absolute Gasteiger partial charge is 0.293 e. The summed E-state index contributed by atoms with van der Waals surface area (Å²) < 4.78 is 26.8. The van der Waals surface area contributed by atoms with E-state index in [9.17, 15) is 18.8 Å². The lowest BCUT2D eigenvalue weighted by Crippen LogP contribution is -2.55. The Hall–Kier alpha value is -5.26. The summed E-state index contributed by atoms with van der Waals surface area (Å²) in [6.45, 7) is 4.65. The number of ether oxygens (including phenoxy) is 2. The van der Waals surface area contributed by atoms with Gasteiger partial charge < -0.3 is 29.9 Å². The number of piperidine rings is 1. The van der Waals surface area contributed by atoms with Crippen molar-refractivity contribution in [1.82, 2.24) is 29.5 Å². The molecule has 2 saturated heterocycles. The summed E-state index contributed by atoms with van der Waals surface area (Å²) in [5.41, 5.74) is 3.36. The molecule has 0 unspecified atom stereocenters. The molecule has 0 spiro atoms. The standard InChI is InChI=1S/C33H32ClFN8O5/c1-20-16-21(2-3-22(20)32(45)41-11-13-42(14-12-41)33(46)24-6-8-37-18-27(24)48-19-44)40-30-31-39-17-25(43(31)10-9-38-30)23-4-5-26(47-15-7-36)29(35)28(23)34/h2-5,9-10,16-17,19,24,27,37H,6,8,11-15,18H2,1H3,(H,38,40)/t24-,27+/m1/s1. The molecule has 2 amide bonds. The van der Waals surface area contributed by atoms with Crippen LogP contribution in [0.15, 0.2) is 48.9 Å². The summed E-state index contributed by atoms with van der Waals surface area (Å²) in [6.07, 6.45) is 4.91. The van der Waals surface area contributed by atoms with Crippen LogP contribution in [0.2, 0.25) is 5.02 Å². The quantitative estimate of drug-likeness (QED) is 0.252. The van der Waals surface area contributed by atoms with Crippen molar-refractivity contribution in [1.29, 1.82) is 5.26 Å². The first-order valence-electron chi connectivity index (χ1n) is 15.4. The minimum absolute atomic E-state index is 0.0509. The zero-order valence-corrected chi connectivity index (χ0v) is 26.7. The SMILES string of the molecule is Cc1cc(Nc2nccn3c(-c4ccc(OCC#N)c(F)c4Cl)cnc23)ccc1C(=O)N1CCN(C(=O)[C@@H]2CCNC[C@@H]2OC=O)CC1. The van der Waals surface area contributed by atoms with Crippen molar-refractivity contribution < 1.29 is 28.2 Å².